The number of rotatable bonds is 0. The number of hydrogen-bond acceptors (Lipinski definition) is 0. The first kappa shape index (κ1) is 14.0. The van der Waals surface area contributed by atoms with Gasteiger partial charge in [0.15, 0.2) is 0 Å². The van der Waals surface area contributed by atoms with Crippen molar-refractivity contribution in [2.45, 2.75) is 0 Å². The zero-order valence-corrected chi connectivity index (χ0v) is 5.27. The van der Waals surface area contributed by atoms with Gasteiger partial charge in [-0.15, -0.1) is 0 Å². The molecule has 0 bridgehead atoms. The van der Waals surface area contributed by atoms with Gasteiger partial charge in [0.05, 0.1) is 0 Å². The van der Waals surface area contributed by atoms with E-state index in [2.05, 4.69) is 0 Å². The maximum atomic E-state index is 9.93. The molecule has 9 heavy (non-hydrogen) atoms. The molecule has 0 saturated heterocycles. The second-order valence-electron chi connectivity index (χ2n) is 1.06. The predicted molar refractivity (Wildman–Crippen MR) is 16.3 cm³/mol. The molecule has 0 saturated carbocycles. The standard InChI is InChI=1S/Ba.7FH.Gd.2H/h;7*1H;;;/q;;;;;;;;+7;;/p-7. The molecule has 0 heterocycles. The van der Waals surface area contributed by atoms with Crippen LogP contribution in [0.5, 0.6) is 0 Å². The molecule has 0 N–H and O–H groups in total. The molecule has 0 atom stereocenters. The third kappa shape index (κ3) is 127. The average molecular weight is 430 g/mol. The van der Waals surface area contributed by atoms with Crippen molar-refractivity contribution in [2.24, 2.45) is 0 Å². The van der Waals surface area contributed by atoms with Gasteiger partial charge in [-0.1, -0.05) is 0 Å². The summed E-state index contributed by atoms with van der Waals surface area (Å²) in [6, 6.07) is 0. The Labute approximate surface area is 85.5 Å². The fourth-order valence-electron chi connectivity index (χ4n) is 0. The summed E-state index contributed by atoms with van der Waals surface area (Å²) in [5.41, 5.74) is 0. The summed E-state index contributed by atoms with van der Waals surface area (Å²) in [4.78, 5) is 0. The molecule has 61 valence electrons. The van der Waals surface area contributed by atoms with Crippen LogP contribution in [0.3, 0.4) is 0 Å². The third-order valence-corrected chi connectivity index (χ3v) is 0. The van der Waals surface area contributed by atoms with E-state index >= 15 is 0 Å². The average Bonchev–Trinajstić information content (AvgIpc) is 0.544. The molecule has 0 radical (unpaired) electrons. The van der Waals surface area contributed by atoms with Crippen molar-refractivity contribution in [3.8, 4) is 0 Å². The van der Waals surface area contributed by atoms with E-state index in [1.165, 1.54) is 0 Å². The Bertz CT molecular complexity index is 101. The van der Waals surface area contributed by atoms with Gasteiger partial charge in [0, 0.05) is 0 Å². The van der Waals surface area contributed by atoms with Crippen molar-refractivity contribution in [1.82, 2.24) is 0 Å². The van der Waals surface area contributed by atoms with Crippen molar-refractivity contribution in [3.63, 3.8) is 0 Å². The van der Waals surface area contributed by atoms with E-state index in [0.29, 0.717) is 0 Å². The van der Waals surface area contributed by atoms with E-state index in [9.17, 15) is 7.81 Å². The topological polar surface area (TPSA) is 0 Å². The van der Waals surface area contributed by atoms with E-state index in [1.54, 1.807) is 0 Å². The molecule has 0 aliphatic heterocycles. The van der Waals surface area contributed by atoms with Crippen LogP contribution in [0.4, 0.5) is 7.81 Å². The fourth-order valence-corrected chi connectivity index (χ4v) is 0. The number of hydrogen-bond donors (Lipinski definition) is 0. The molecule has 0 amide bonds. The van der Waals surface area contributed by atoms with Crippen molar-refractivity contribution in [1.29, 1.82) is 0 Å². The van der Waals surface area contributed by atoms with Gasteiger partial charge in [-0.2, -0.15) is 0 Å². The first-order valence-electron chi connectivity index (χ1n) is 0.935. The molecule has 0 aliphatic carbocycles. The van der Waals surface area contributed by atoms with Crippen molar-refractivity contribution >= 4 is 48.9 Å². The van der Waals surface area contributed by atoms with Crippen LogP contribution in [0.1, 0.15) is 0 Å². The quantitative estimate of drug-likeness (QED) is 0.408. The Morgan fingerprint density at radius 3 is 0.556 bits per heavy atom. The summed E-state index contributed by atoms with van der Waals surface area (Å²) < 4.78 is 69.5. The van der Waals surface area contributed by atoms with Gasteiger partial charge >= 0.3 is 88.1 Å². The van der Waals surface area contributed by atoms with Crippen molar-refractivity contribution in [2.75, 3.05) is 0 Å². The molecule has 0 spiro atoms. The molecular weight excluding hydrogens is 428 g/mol. The Morgan fingerprint density at radius 1 is 0.556 bits per heavy atom. The molecule has 0 nitrogen and oxygen atoms in total. The minimum absolute atomic E-state index is 0. The Balaban J connectivity index is 0. The predicted octanol–water partition coefficient (Wildman–Crippen LogP) is 2.03. The van der Waals surface area contributed by atoms with Crippen LogP contribution in [0.15, 0.2) is 0 Å². The normalized spacial score (nSPS) is 24.1. The Morgan fingerprint density at radius 2 is 0.556 bits per heavy atom. The monoisotopic (exact) mass is 431 g/mol. The molecular formula is H2BaF7Gd. The van der Waals surface area contributed by atoms with Crippen LogP contribution in [-0.4, -0.2) is 48.9 Å². The molecule has 0 aromatic rings. The zero-order valence-electron chi connectivity index (χ0n) is 3.00. The molecule has 0 aliphatic rings. The number of halogens is 7. The van der Waals surface area contributed by atoms with Gasteiger partial charge in [-0.3, -0.25) is 0 Å². The van der Waals surface area contributed by atoms with E-state index in [4.69, 9.17) is 0 Å². The minimum atomic E-state index is -13.3. The molecule has 0 aromatic carbocycles. The maximum absolute atomic E-state index is 13.3. The van der Waals surface area contributed by atoms with Crippen LogP contribution < -0.4 is 0 Å². The molecule has 0 unspecified atom stereocenters. The van der Waals surface area contributed by atoms with Crippen LogP contribution in [0, 0.1) is 31.4 Å². The van der Waals surface area contributed by atoms with Gasteiger partial charge in [0.1, 0.15) is 0 Å². The zero-order chi connectivity index (χ0) is 7.38. The van der Waals surface area contributed by atoms with Gasteiger partial charge < -0.3 is 0 Å². The second-order valence-corrected chi connectivity index (χ2v) is 7.87. The van der Waals surface area contributed by atoms with E-state index in [-0.39, 0.29) is 48.9 Å². The van der Waals surface area contributed by atoms with Crippen molar-refractivity contribution < 1.29 is 39.2 Å². The first-order valence-corrected chi connectivity index (χ1v) is 6.94. The van der Waals surface area contributed by atoms with Gasteiger partial charge in [0.25, 0.3) is 0 Å². The SMILES string of the molecule is [BaH2].[F][Gd]([F])([F])([F])([F])([F])[F]. The molecule has 0 rings (SSSR count). The summed E-state index contributed by atoms with van der Waals surface area (Å²) in [7, 11) is 0. The van der Waals surface area contributed by atoms with Crippen molar-refractivity contribution in [3.05, 3.63) is 0 Å². The first-order chi connectivity index (χ1) is 2.65. The van der Waals surface area contributed by atoms with Gasteiger partial charge in [-0.05, 0) is 0 Å². The summed E-state index contributed by atoms with van der Waals surface area (Å²) in [6.45, 7) is 0. The van der Waals surface area contributed by atoms with E-state index < -0.39 is 31.4 Å². The summed E-state index contributed by atoms with van der Waals surface area (Å²) in [5.74, 6) is 0. The Hall–Kier alpha value is 2.41. The molecule has 9 heteroatoms. The summed E-state index contributed by atoms with van der Waals surface area (Å²) >= 11 is -13.3. The third-order valence-electron chi connectivity index (χ3n) is 0. The van der Waals surface area contributed by atoms with Gasteiger partial charge in [-0.25, -0.2) is 0 Å². The fraction of sp³-hybridized carbons (Fsp3) is 0. The summed E-state index contributed by atoms with van der Waals surface area (Å²) in [6.07, 6.45) is 0. The summed E-state index contributed by atoms with van der Waals surface area (Å²) in [5, 5.41) is 0. The van der Waals surface area contributed by atoms with Gasteiger partial charge in [0.2, 0.25) is 0 Å². The Kier molecular flexibility index (Phi) is 2.61. The second kappa shape index (κ2) is 1.68. The van der Waals surface area contributed by atoms with E-state index in [1.807, 2.05) is 0 Å². The van der Waals surface area contributed by atoms with Crippen LogP contribution in [-0.2, 0) is 0 Å². The van der Waals surface area contributed by atoms with Crippen LogP contribution in [0.25, 0.3) is 0 Å². The van der Waals surface area contributed by atoms with Crippen LogP contribution >= 0.6 is 0 Å². The van der Waals surface area contributed by atoms with Crippen LogP contribution in [0.2, 0.25) is 0 Å². The molecule has 0 fully saturated rings. The van der Waals surface area contributed by atoms with E-state index in [0.717, 1.165) is 0 Å². The molecule has 0 aromatic heterocycles.